The van der Waals surface area contributed by atoms with Crippen LogP contribution in [0.25, 0.3) is 0 Å². The number of nitrogens with two attached hydrogens (primary N) is 1. The number of hydrogen-bond acceptors (Lipinski definition) is 3. The summed E-state index contributed by atoms with van der Waals surface area (Å²) in [5.41, 5.74) is 9.33. The summed E-state index contributed by atoms with van der Waals surface area (Å²) in [5, 5.41) is 0. The molecule has 100 valence electrons. The summed E-state index contributed by atoms with van der Waals surface area (Å²) in [6.45, 7) is 7.08. The van der Waals surface area contributed by atoms with Gasteiger partial charge < -0.3 is 10.6 Å². The lowest BCUT2D eigenvalue weighted by Gasteiger charge is -2.23. The third-order valence-corrected chi connectivity index (χ3v) is 3.20. The van der Waals surface area contributed by atoms with Crippen LogP contribution in [0.5, 0.6) is 0 Å². The van der Waals surface area contributed by atoms with E-state index in [9.17, 15) is 0 Å². The van der Waals surface area contributed by atoms with Crippen LogP contribution < -0.4 is 10.6 Å². The Hall–Kier alpha value is -1.87. The zero-order valence-electron chi connectivity index (χ0n) is 11.8. The monoisotopic (exact) mass is 255 g/mol. The van der Waals surface area contributed by atoms with E-state index in [1.165, 1.54) is 11.3 Å². The highest BCUT2D eigenvalue weighted by molar-refractivity contribution is 5.60. The molecule has 1 atom stereocenters. The number of aromatic nitrogens is 1. The fourth-order valence-electron chi connectivity index (χ4n) is 2.10. The summed E-state index contributed by atoms with van der Waals surface area (Å²) in [5.74, 6) is 0.956. The molecular weight excluding hydrogens is 234 g/mol. The summed E-state index contributed by atoms with van der Waals surface area (Å²) >= 11 is 0. The van der Waals surface area contributed by atoms with E-state index >= 15 is 0 Å². The molecule has 19 heavy (non-hydrogen) atoms. The minimum absolute atomic E-state index is 0.0237. The summed E-state index contributed by atoms with van der Waals surface area (Å²) in [7, 11) is 0. The van der Waals surface area contributed by atoms with Crippen LogP contribution in [0.1, 0.15) is 31.0 Å². The highest BCUT2D eigenvalue weighted by atomic mass is 15.2. The molecule has 0 aliphatic heterocycles. The van der Waals surface area contributed by atoms with Crippen molar-refractivity contribution in [1.29, 1.82) is 0 Å². The molecule has 3 nitrogen and oxygen atoms in total. The zero-order chi connectivity index (χ0) is 13.8. The van der Waals surface area contributed by atoms with Gasteiger partial charge in [0.2, 0.25) is 0 Å². The van der Waals surface area contributed by atoms with E-state index in [0.29, 0.717) is 0 Å². The lowest BCUT2D eigenvalue weighted by atomic mass is 10.1. The Bertz CT molecular complexity index is 532. The van der Waals surface area contributed by atoms with E-state index < -0.39 is 0 Å². The molecule has 0 radical (unpaired) electrons. The number of rotatable bonds is 4. The largest absolute Gasteiger partial charge is 0.327 e. The third-order valence-electron chi connectivity index (χ3n) is 3.20. The van der Waals surface area contributed by atoms with Crippen LogP contribution in [-0.4, -0.2) is 11.5 Å². The van der Waals surface area contributed by atoms with Gasteiger partial charge in [0.05, 0.1) is 0 Å². The first-order valence-electron chi connectivity index (χ1n) is 6.67. The summed E-state index contributed by atoms with van der Waals surface area (Å²) in [4.78, 5) is 6.72. The van der Waals surface area contributed by atoms with E-state index in [4.69, 9.17) is 5.73 Å². The molecule has 0 unspecified atom stereocenters. The minimum Gasteiger partial charge on any atom is -0.327 e. The predicted octanol–water partition coefficient (Wildman–Crippen LogP) is 3.57. The molecule has 1 heterocycles. The topological polar surface area (TPSA) is 42.1 Å². The van der Waals surface area contributed by atoms with Crippen molar-refractivity contribution in [2.75, 3.05) is 11.4 Å². The molecule has 0 saturated heterocycles. The number of benzene rings is 1. The molecule has 0 amide bonds. The number of nitrogens with zero attached hydrogens (tertiary/aromatic N) is 2. The molecular formula is C16H21N3. The second kappa shape index (κ2) is 5.85. The standard InChI is InChI=1S/C16H21N3/c1-4-19(15-7-5-6-12(2)10-15)16-9-8-14(11-18-16)13(3)17/h5-11,13H,4,17H2,1-3H3/t13-/m0/s1. The number of hydrogen-bond donors (Lipinski definition) is 1. The van der Waals surface area contributed by atoms with Crippen LogP contribution in [0.2, 0.25) is 0 Å². The van der Waals surface area contributed by atoms with Crippen molar-refractivity contribution >= 4 is 11.5 Å². The molecule has 3 heteroatoms. The Morgan fingerprint density at radius 1 is 1.26 bits per heavy atom. The van der Waals surface area contributed by atoms with Gasteiger partial charge in [0, 0.05) is 24.5 Å². The van der Waals surface area contributed by atoms with Crippen molar-refractivity contribution in [3.63, 3.8) is 0 Å². The van der Waals surface area contributed by atoms with Gasteiger partial charge >= 0.3 is 0 Å². The molecule has 1 aromatic carbocycles. The molecule has 0 saturated carbocycles. The predicted molar refractivity (Wildman–Crippen MR) is 80.7 cm³/mol. The zero-order valence-corrected chi connectivity index (χ0v) is 11.8. The van der Waals surface area contributed by atoms with Gasteiger partial charge in [-0.05, 0) is 50.1 Å². The lowest BCUT2D eigenvalue weighted by Crippen LogP contribution is -2.17. The number of anilines is 2. The Morgan fingerprint density at radius 2 is 2.05 bits per heavy atom. The first-order chi connectivity index (χ1) is 9.11. The molecule has 2 N–H and O–H groups in total. The number of aryl methyl sites for hydroxylation is 1. The molecule has 2 aromatic rings. The van der Waals surface area contributed by atoms with E-state index in [1.807, 2.05) is 25.3 Å². The van der Waals surface area contributed by atoms with E-state index in [0.717, 1.165) is 17.9 Å². The Morgan fingerprint density at radius 3 is 2.58 bits per heavy atom. The normalized spacial score (nSPS) is 12.2. The van der Waals surface area contributed by atoms with Crippen molar-refractivity contribution < 1.29 is 0 Å². The van der Waals surface area contributed by atoms with Crippen LogP contribution >= 0.6 is 0 Å². The van der Waals surface area contributed by atoms with Gasteiger partial charge in [-0.3, -0.25) is 0 Å². The van der Waals surface area contributed by atoms with Gasteiger partial charge in [-0.15, -0.1) is 0 Å². The smallest absolute Gasteiger partial charge is 0.132 e. The molecule has 0 aliphatic carbocycles. The average molecular weight is 255 g/mol. The average Bonchev–Trinajstić information content (AvgIpc) is 2.40. The Kier molecular flexibility index (Phi) is 4.17. The maximum Gasteiger partial charge on any atom is 0.132 e. The SMILES string of the molecule is CCN(c1cccc(C)c1)c1ccc([C@H](C)N)cn1. The highest BCUT2D eigenvalue weighted by Crippen LogP contribution is 2.24. The maximum atomic E-state index is 5.85. The molecule has 0 fully saturated rings. The first kappa shape index (κ1) is 13.6. The van der Waals surface area contributed by atoms with Crippen molar-refractivity contribution in [1.82, 2.24) is 4.98 Å². The van der Waals surface area contributed by atoms with Crippen molar-refractivity contribution in [2.45, 2.75) is 26.8 Å². The summed E-state index contributed by atoms with van der Waals surface area (Å²) < 4.78 is 0. The quantitative estimate of drug-likeness (QED) is 0.908. The van der Waals surface area contributed by atoms with Crippen molar-refractivity contribution in [2.24, 2.45) is 5.73 Å². The van der Waals surface area contributed by atoms with Crippen molar-refractivity contribution in [3.8, 4) is 0 Å². The van der Waals surface area contributed by atoms with Crippen LogP contribution in [0, 0.1) is 6.92 Å². The second-order valence-corrected chi connectivity index (χ2v) is 4.82. The fraction of sp³-hybridized carbons (Fsp3) is 0.312. The molecule has 2 rings (SSSR count). The van der Waals surface area contributed by atoms with Gasteiger partial charge in [0.25, 0.3) is 0 Å². The molecule has 1 aromatic heterocycles. The third kappa shape index (κ3) is 3.12. The summed E-state index contributed by atoms with van der Waals surface area (Å²) in [6.07, 6.45) is 1.86. The summed E-state index contributed by atoms with van der Waals surface area (Å²) in [6, 6.07) is 12.6. The molecule has 0 bridgehead atoms. The lowest BCUT2D eigenvalue weighted by molar-refractivity contribution is 0.810. The van der Waals surface area contributed by atoms with Crippen molar-refractivity contribution in [3.05, 3.63) is 53.7 Å². The minimum atomic E-state index is 0.0237. The van der Waals surface area contributed by atoms with Gasteiger partial charge in [0.1, 0.15) is 5.82 Å². The van der Waals surface area contributed by atoms with E-state index in [2.05, 4.69) is 48.0 Å². The maximum absolute atomic E-state index is 5.85. The number of pyridine rings is 1. The van der Waals surface area contributed by atoms with Crippen LogP contribution in [-0.2, 0) is 0 Å². The van der Waals surface area contributed by atoms with E-state index in [1.54, 1.807) is 0 Å². The van der Waals surface area contributed by atoms with Crippen LogP contribution in [0.3, 0.4) is 0 Å². The Balaban J connectivity index is 2.31. The Labute approximate surface area is 115 Å². The molecule has 0 aliphatic rings. The fourth-order valence-corrected chi connectivity index (χ4v) is 2.10. The van der Waals surface area contributed by atoms with Gasteiger partial charge in [-0.25, -0.2) is 4.98 Å². The van der Waals surface area contributed by atoms with Gasteiger partial charge in [0.15, 0.2) is 0 Å². The van der Waals surface area contributed by atoms with Crippen LogP contribution in [0.4, 0.5) is 11.5 Å². The highest BCUT2D eigenvalue weighted by Gasteiger charge is 2.09. The van der Waals surface area contributed by atoms with Gasteiger partial charge in [-0.2, -0.15) is 0 Å². The first-order valence-corrected chi connectivity index (χ1v) is 6.67. The van der Waals surface area contributed by atoms with Crippen LogP contribution in [0.15, 0.2) is 42.6 Å². The van der Waals surface area contributed by atoms with Gasteiger partial charge in [-0.1, -0.05) is 18.2 Å². The second-order valence-electron chi connectivity index (χ2n) is 4.82. The molecule has 0 spiro atoms. The van der Waals surface area contributed by atoms with E-state index in [-0.39, 0.29) is 6.04 Å².